The van der Waals surface area contributed by atoms with Crippen molar-refractivity contribution in [2.75, 3.05) is 6.61 Å². The van der Waals surface area contributed by atoms with Crippen molar-refractivity contribution in [2.45, 2.75) is 17.6 Å². The first kappa shape index (κ1) is 20.8. The topological polar surface area (TPSA) is 93.5 Å². The minimum atomic E-state index is -4.75. The third kappa shape index (κ3) is 4.61. The summed E-state index contributed by atoms with van der Waals surface area (Å²) in [7, 11) is -4.75. The number of carbonyl (C=O) groups is 1. The number of rotatable bonds is 6. The van der Waals surface area contributed by atoms with Crippen molar-refractivity contribution >= 4 is 31.7 Å². The number of alkyl halides is 2. The molecule has 0 atom stereocenters. The number of halogens is 3. The molecule has 0 unspecified atom stereocenters. The summed E-state index contributed by atoms with van der Waals surface area (Å²) in [4.78, 5) is 11.7. The minimum absolute atomic E-state index is 0.0325. The number of benzene rings is 2. The van der Waals surface area contributed by atoms with Crippen LogP contribution in [-0.2, 0) is 9.84 Å². The zero-order valence-electron chi connectivity index (χ0n) is 13.8. The van der Waals surface area contributed by atoms with Crippen molar-refractivity contribution in [2.24, 2.45) is 0 Å². The molecule has 6 nitrogen and oxygen atoms in total. The van der Waals surface area contributed by atoms with E-state index >= 15 is 0 Å². The van der Waals surface area contributed by atoms with Gasteiger partial charge in [0.1, 0.15) is 0 Å². The zero-order chi connectivity index (χ0) is 20.2. The van der Waals surface area contributed by atoms with Gasteiger partial charge < -0.3 is 9.47 Å². The summed E-state index contributed by atoms with van der Waals surface area (Å²) in [5, 5.41) is 9.00. The number of nitriles is 1. The first-order valence-electron chi connectivity index (χ1n) is 7.41. The van der Waals surface area contributed by atoms with E-state index in [-0.39, 0.29) is 29.2 Å². The normalized spacial score (nSPS) is 11.1. The van der Waals surface area contributed by atoms with Gasteiger partial charge in [0.05, 0.1) is 33.2 Å². The molecule has 0 saturated heterocycles. The summed E-state index contributed by atoms with van der Waals surface area (Å²) in [6, 6.07) is 8.70. The van der Waals surface area contributed by atoms with Crippen molar-refractivity contribution < 1.29 is 31.5 Å². The van der Waals surface area contributed by atoms with E-state index in [1.54, 1.807) is 6.92 Å². The average molecular weight is 460 g/mol. The Bertz CT molecular complexity index is 1000. The number of sulfone groups is 1. The Morgan fingerprint density at radius 3 is 2.41 bits per heavy atom. The van der Waals surface area contributed by atoms with Gasteiger partial charge >= 0.3 is 11.7 Å². The van der Waals surface area contributed by atoms with Gasteiger partial charge in [0.15, 0.2) is 11.5 Å². The van der Waals surface area contributed by atoms with Crippen molar-refractivity contribution in [3.63, 3.8) is 0 Å². The van der Waals surface area contributed by atoms with Crippen molar-refractivity contribution in [1.29, 1.82) is 5.26 Å². The SMILES string of the molecule is CCOc1cc(C#N)cc(Br)c1OC(=O)c1ccc(S(=O)(=O)C(F)F)cc1. The molecule has 0 aliphatic heterocycles. The molecule has 2 aromatic rings. The largest absolute Gasteiger partial charge is 0.490 e. The zero-order valence-corrected chi connectivity index (χ0v) is 16.2. The van der Waals surface area contributed by atoms with Crippen LogP contribution < -0.4 is 9.47 Å². The molecule has 142 valence electrons. The lowest BCUT2D eigenvalue weighted by molar-refractivity contribution is 0.0727. The van der Waals surface area contributed by atoms with Gasteiger partial charge in [0.2, 0.25) is 9.84 Å². The van der Waals surface area contributed by atoms with Gasteiger partial charge in [-0.1, -0.05) is 0 Å². The van der Waals surface area contributed by atoms with Gasteiger partial charge in [-0.2, -0.15) is 14.0 Å². The minimum Gasteiger partial charge on any atom is -0.490 e. The molecule has 2 aromatic carbocycles. The van der Waals surface area contributed by atoms with Crippen LogP contribution in [0.25, 0.3) is 0 Å². The van der Waals surface area contributed by atoms with Gasteiger partial charge in [0.25, 0.3) is 0 Å². The molecule has 0 aromatic heterocycles. The highest BCUT2D eigenvalue weighted by Gasteiger charge is 2.27. The van der Waals surface area contributed by atoms with Crippen LogP contribution in [0.4, 0.5) is 8.78 Å². The number of esters is 1. The highest BCUT2D eigenvalue weighted by atomic mass is 79.9. The lowest BCUT2D eigenvalue weighted by atomic mass is 10.2. The molecule has 27 heavy (non-hydrogen) atoms. The molecule has 0 aliphatic carbocycles. The van der Waals surface area contributed by atoms with E-state index in [2.05, 4.69) is 15.9 Å². The smallest absolute Gasteiger partial charge is 0.343 e. The highest BCUT2D eigenvalue weighted by molar-refractivity contribution is 9.10. The highest BCUT2D eigenvalue weighted by Crippen LogP contribution is 2.37. The van der Waals surface area contributed by atoms with E-state index in [0.29, 0.717) is 4.47 Å². The maximum Gasteiger partial charge on any atom is 0.343 e. The number of hydrogen-bond acceptors (Lipinski definition) is 6. The average Bonchev–Trinajstić information content (AvgIpc) is 2.64. The molecule has 0 amide bonds. The Balaban J connectivity index is 2.32. The number of ether oxygens (including phenoxy) is 2. The third-order valence-electron chi connectivity index (χ3n) is 3.29. The van der Waals surface area contributed by atoms with Gasteiger partial charge in [-0.3, -0.25) is 0 Å². The fraction of sp³-hybridized carbons (Fsp3) is 0.176. The Hall–Kier alpha value is -2.51. The molecule has 0 N–H and O–H groups in total. The maximum atomic E-state index is 12.5. The molecular formula is C17H12BrF2NO5S. The quantitative estimate of drug-likeness (QED) is 0.479. The molecule has 0 spiro atoms. The van der Waals surface area contributed by atoms with Crippen LogP contribution in [0.15, 0.2) is 45.8 Å². The van der Waals surface area contributed by atoms with Gasteiger partial charge in [0, 0.05) is 6.07 Å². The lowest BCUT2D eigenvalue weighted by Gasteiger charge is -2.13. The standard InChI is InChI=1S/C17H12BrF2NO5S/c1-2-25-14-8-10(9-21)7-13(18)15(14)26-16(22)11-3-5-12(6-4-11)27(23,24)17(19)20/h3-8,17H,2H2,1H3. The molecule has 0 aliphatic rings. The molecule has 0 saturated carbocycles. The van der Waals surface area contributed by atoms with Gasteiger partial charge in [-0.15, -0.1) is 0 Å². The molecule has 0 fully saturated rings. The molecule has 2 rings (SSSR count). The monoisotopic (exact) mass is 459 g/mol. The fourth-order valence-electron chi connectivity index (χ4n) is 2.03. The Kier molecular flexibility index (Phi) is 6.51. The van der Waals surface area contributed by atoms with E-state index in [4.69, 9.17) is 14.7 Å². The summed E-state index contributed by atoms with van der Waals surface area (Å²) in [5.41, 5.74) is 0.230. The van der Waals surface area contributed by atoms with Gasteiger partial charge in [-0.05, 0) is 53.2 Å². The van der Waals surface area contributed by atoms with E-state index in [1.807, 2.05) is 6.07 Å². The molecule has 10 heteroatoms. The Morgan fingerprint density at radius 2 is 1.89 bits per heavy atom. The predicted molar refractivity (Wildman–Crippen MR) is 94.6 cm³/mol. The lowest BCUT2D eigenvalue weighted by Crippen LogP contribution is -2.13. The van der Waals surface area contributed by atoms with Crippen LogP contribution in [-0.4, -0.2) is 26.8 Å². The second kappa shape index (κ2) is 8.45. The second-order valence-corrected chi connectivity index (χ2v) is 7.82. The first-order chi connectivity index (χ1) is 12.7. The Morgan fingerprint density at radius 1 is 1.26 bits per heavy atom. The molecule has 0 heterocycles. The van der Waals surface area contributed by atoms with Crippen LogP contribution in [0, 0.1) is 11.3 Å². The van der Waals surface area contributed by atoms with Crippen LogP contribution >= 0.6 is 15.9 Å². The summed E-state index contributed by atoms with van der Waals surface area (Å²) in [6.07, 6.45) is 0. The predicted octanol–water partition coefficient (Wildman–Crippen LogP) is 3.93. The number of carbonyl (C=O) groups excluding carboxylic acids is 1. The number of nitrogens with zero attached hydrogens (tertiary/aromatic N) is 1. The van der Waals surface area contributed by atoms with E-state index < -0.39 is 26.5 Å². The fourth-order valence-corrected chi connectivity index (χ4v) is 3.27. The Labute approximate surface area is 162 Å². The summed E-state index contributed by atoms with van der Waals surface area (Å²) in [6.45, 7) is 1.97. The van der Waals surface area contributed by atoms with E-state index in [9.17, 15) is 22.0 Å². The van der Waals surface area contributed by atoms with Crippen molar-refractivity contribution in [3.8, 4) is 17.6 Å². The van der Waals surface area contributed by atoms with Crippen molar-refractivity contribution in [3.05, 3.63) is 52.0 Å². The van der Waals surface area contributed by atoms with Crippen LogP contribution in [0.2, 0.25) is 0 Å². The molecular weight excluding hydrogens is 448 g/mol. The summed E-state index contributed by atoms with van der Waals surface area (Å²) < 4.78 is 58.9. The second-order valence-electron chi connectivity index (χ2n) is 5.05. The molecule has 0 radical (unpaired) electrons. The third-order valence-corrected chi connectivity index (χ3v) is 5.27. The van der Waals surface area contributed by atoms with Gasteiger partial charge in [-0.25, -0.2) is 13.2 Å². The van der Waals surface area contributed by atoms with Crippen LogP contribution in [0.5, 0.6) is 11.5 Å². The summed E-state index contributed by atoms with van der Waals surface area (Å²) in [5.74, 6) is -4.22. The first-order valence-corrected chi connectivity index (χ1v) is 9.75. The van der Waals surface area contributed by atoms with Crippen LogP contribution in [0.1, 0.15) is 22.8 Å². The molecule has 0 bridgehead atoms. The maximum absolute atomic E-state index is 12.5. The summed E-state index contributed by atoms with van der Waals surface area (Å²) >= 11 is 3.19. The van der Waals surface area contributed by atoms with Crippen LogP contribution in [0.3, 0.4) is 0 Å². The van der Waals surface area contributed by atoms with E-state index in [1.165, 1.54) is 12.1 Å². The van der Waals surface area contributed by atoms with E-state index in [0.717, 1.165) is 24.3 Å². The van der Waals surface area contributed by atoms with Crippen molar-refractivity contribution in [1.82, 2.24) is 0 Å². The number of hydrogen-bond donors (Lipinski definition) is 0.